The van der Waals surface area contributed by atoms with Crippen LogP contribution in [0.2, 0.25) is 0 Å². The zero-order chi connectivity index (χ0) is 32.9. The van der Waals surface area contributed by atoms with Crippen molar-refractivity contribution in [1.82, 2.24) is 15.5 Å². The number of methoxy groups -OCH3 is 1. The highest BCUT2D eigenvalue weighted by molar-refractivity contribution is 9.10. The monoisotopic (exact) mass is 709 g/mol. The number of nitrogens with one attached hydrogen (secondary N) is 2. The molecule has 4 fully saturated rings. The van der Waals surface area contributed by atoms with E-state index in [4.69, 9.17) is 13.7 Å². The van der Waals surface area contributed by atoms with Crippen LogP contribution in [0.4, 0.5) is 4.79 Å². The lowest BCUT2D eigenvalue weighted by molar-refractivity contribution is -0.148. The largest absolute Gasteiger partial charge is 0.467 e. The Balaban J connectivity index is 1.37. The van der Waals surface area contributed by atoms with Crippen LogP contribution in [0, 0.1) is 23.2 Å². The van der Waals surface area contributed by atoms with E-state index in [1.165, 1.54) is 24.1 Å². The molecule has 0 bridgehead atoms. The number of halogens is 1. The lowest BCUT2D eigenvalue weighted by Gasteiger charge is -2.35. The van der Waals surface area contributed by atoms with Gasteiger partial charge in [-0.3, -0.25) is 13.8 Å². The highest BCUT2D eigenvalue weighted by Gasteiger charge is 2.62. The summed E-state index contributed by atoms with van der Waals surface area (Å²) in [6.45, 7) is 8.77. The van der Waals surface area contributed by atoms with Crippen LogP contribution >= 0.6 is 15.9 Å². The average molecular weight is 711 g/mol. The van der Waals surface area contributed by atoms with E-state index < -0.39 is 63.1 Å². The number of amides is 3. The maximum Gasteiger partial charge on any atom is 0.408 e. The van der Waals surface area contributed by atoms with Gasteiger partial charge in [0.2, 0.25) is 11.8 Å². The summed E-state index contributed by atoms with van der Waals surface area (Å²) >= 11 is 3.27. The summed E-state index contributed by atoms with van der Waals surface area (Å²) < 4.78 is 43.1. The first-order valence-electron chi connectivity index (χ1n) is 15.1. The van der Waals surface area contributed by atoms with Gasteiger partial charge in [-0.15, -0.1) is 6.58 Å². The number of carbonyl (C=O) groups is 4. The Labute approximate surface area is 271 Å². The molecule has 45 heavy (non-hydrogen) atoms. The van der Waals surface area contributed by atoms with Gasteiger partial charge in [0.05, 0.1) is 18.1 Å². The van der Waals surface area contributed by atoms with Crippen LogP contribution in [0.3, 0.4) is 0 Å². The summed E-state index contributed by atoms with van der Waals surface area (Å²) in [5, 5.41) is 5.45. The fourth-order valence-corrected chi connectivity index (χ4v) is 7.90. The van der Waals surface area contributed by atoms with Crippen molar-refractivity contribution in [2.45, 2.75) is 87.6 Å². The number of likely N-dealkylation sites (tertiary alicyclic amines) is 1. The topological polar surface area (TPSA) is 157 Å². The van der Waals surface area contributed by atoms with Crippen molar-refractivity contribution < 1.29 is 41.3 Å². The minimum atomic E-state index is -4.26. The third-order valence-corrected chi connectivity index (χ3v) is 11.2. The molecule has 3 aliphatic carbocycles. The molecular weight excluding hydrogens is 670 g/mol. The van der Waals surface area contributed by atoms with Crippen molar-refractivity contribution in [3.8, 4) is 0 Å². The zero-order valence-electron chi connectivity index (χ0n) is 25.8. The average Bonchev–Trinajstić information content (AvgIpc) is 3.78. The zero-order valence-corrected chi connectivity index (χ0v) is 28.2. The first-order valence-corrected chi connectivity index (χ1v) is 17.3. The van der Waals surface area contributed by atoms with Crippen molar-refractivity contribution >= 4 is 49.9 Å². The highest BCUT2D eigenvalue weighted by Crippen LogP contribution is 2.52. The maximum atomic E-state index is 14.2. The van der Waals surface area contributed by atoms with E-state index in [0.29, 0.717) is 16.3 Å². The van der Waals surface area contributed by atoms with Gasteiger partial charge in [-0.1, -0.05) is 42.8 Å². The third kappa shape index (κ3) is 7.07. The number of ether oxygens (including phenoxy) is 2. The third-order valence-electron chi connectivity index (χ3n) is 9.26. The minimum absolute atomic E-state index is 0.0885. The molecule has 0 radical (unpaired) electrons. The Morgan fingerprint density at radius 1 is 1.07 bits per heavy atom. The minimum Gasteiger partial charge on any atom is -0.467 e. The predicted octanol–water partition coefficient (Wildman–Crippen LogP) is 3.30. The summed E-state index contributed by atoms with van der Waals surface area (Å²) in [5.74, 6) is -1.11. The quantitative estimate of drug-likeness (QED) is 0.211. The normalized spacial score (nSPS) is 30.9. The molecule has 1 saturated heterocycles. The van der Waals surface area contributed by atoms with Gasteiger partial charge in [0.25, 0.3) is 10.1 Å². The number of carbonyl (C=O) groups excluding carboxylic acids is 4. The van der Waals surface area contributed by atoms with Crippen molar-refractivity contribution in [2.75, 3.05) is 13.7 Å². The first kappa shape index (κ1) is 33.4. The smallest absolute Gasteiger partial charge is 0.408 e. The van der Waals surface area contributed by atoms with Gasteiger partial charge >= 0.3 is 12.1 Å². The number of nitrogens with zero attached hydrogens (tertiary/aromatic N) is 1. The summed E-state index contributed by atoms with van der Waals surface area (Å²) in [5.41, 5.74) is -2.15. The van der Waals surface area contributed by atoms with E-state index in [0.717, 1.165) is 19.3 Å². The Hall–Kier alpha value is -2.97. The molecule has 2 N–H and O–H groups in total. The van der Waals surface area contributed by atoms with Crippen molar-refractivity contribution in [2.24, 2.45) is 23.2 Å². The molecular formula is C31H40BrN3O9S. The SMILES string of the molecule is C=C[C@@H]1CC1(NC(=O)[C@@H]1C[C@@H](OS(=O)(=O)c2ccc(Br)cc2)CN1C(=O)[C@@H](NC(=O)OC1C[C@@H]2C[C@@H]2C1)C(C)(C)C)C(=O)OC. The first-order chi connectivity index (χ1) is 21.1. The van der Waals surface area contributed by atoms with Gasteiger partial charge in [-0.25, -0.2) is 9.59 Å². The van der Waals surface area contributed by atoms with Crippen LogP contribution in [-0.2, 0) is 38.2 Å². The predicted molar refractivity (Wildman–Crippen MR) is 165 cm³/mol. The molecule has 1 aliphatic heterocycles. The molecule has 3 saturated carbocycles. The molecule has 3 amide bonds. The lowest BCUT2D eigenvalue weighted by Crippen LogP contribution is -2.59. The number of alkyl carbamates (subject to hydrolysis) is 1. The molecule has 12 nitrogen and oxygen atoms in total. The number of rotatable bonds is 10. The Bertz CT molecular complexity index is 1470. The van der Waals surface area contributed by atoms with Gasteiger partial charge in [0.1, 0.15) is 23.7 Å². The van der Waals surface area contributed by atoms with Gasteiger partial charge in [0.15, 0.2) is 0 Å². The van der Waals surface area contributed by atoms with Gasteiger partial charge in [0, 0.05) is 23.4 Å². The van der Waals surface area contributed by atoms with E-state index in [9.17, 15) is 27.6 Å². The van der Waals surface area contributed by atoms with E-state index >= 15 is 0 Å². The number of fused-ring (bicyclic) bond motifs is 1. The number of hydrogen-bond donors (Lipinski definition) is 2. The second-order valence-corrected chi connectivity index (χ2v) is 16.1. The summed E-state index contributed by atoms with van der Waals surface area (Å²) in [7, 11) is -3.05. The van der Waals surface area contributed by atoms with Gasteiger partial charge in [-0.2, -0.15) is 8.42 Å². The standard InChI is InChI=1S/C31H40BrN3O9S/c1-6-19-15-31(19,28(38)42-5)34-26(36)24-14-22(44-45(40,41)23-9-7-20(32)8-10-23)16-35(24)27(37)25(30(2,3)4)33-29(39)43-21-12-17-11-18(17)13-21/h6-10,17-19,21-22,24-25H,1,11-16H2,2-5H3,(H,33,39)(H,34,36)/t17-,18+,19-,21?,22-,24+,25-,31?/m1/s1. The van der Waals surface area contributed by atoms with Crippen molar-refractivity contribution in [3.63, 3.8) is 0 Å². The highest BCUT2D eigenvalue weighted by atomic mass is 79.9. The van der Waals surface area contributed by atoms with Crippen LogP contribution in [0.15, 0.2) is 46.3 Å². The van der Waals surface area contributed by atoms with Crippen LogP contribution in [0.25, 0.3) is 0 Å². The fourth-order valence-electron chi connectivity index (χ4n) is 6.56. The molecule has 1 aromatic rings. The van der Waals surface area contributed by atoms with Crippen LogP contribution < -0.4 is 10.6 Å². The van der Waals surface area contributed by atoms with Gasteiger partial charge < -0.3 is 25.0 Å². The molecule has 0 aromatic heterocycles. The Kier molecular flexibility index (Phi) is 9.15. The molecule has 8 atom stereocenters. The van der Waals surface area contributed by atoms with E-state index in [1.54, 1.807) is 39.0 Å². The molecule has 2 unspecified atom stereocenters. The summed E-state index contributed by atoms with van der Waals surface area (Å²) in [4.78, 5) is 54.8. The molecule has 5 rings (SSSR count). The van der Waals surface area contributed by atoms with E-state index in [2.05, 4.69) is 33.1 Å². The number of hydrogen-bond acceptors (Lipinski definition) is 9. The molecule has 246 valence electrons. The second kappa shape index (κ2) is 12.3. The lowest BCUT2D eigenvalue weighted by atomic mass is 9.85. The Morgan fingerprint density at radius 3 is 2.27 bits per heavy atom. The summed E-state index contributed by atoms with van der Waals surface area (Å²) in [6.07, 6.45) is 2.40. The molecule has 0 spiro atoms. The number of esters is 1. The van der Waals surface area contributed by atoms with Crippen molar-refractivity contribution in [3.05, 3.63) is 41.4 Å². The van der Waals surface area contributed by atoms with Crippen molar-refractivity contribution in [1.29, 1.82) is 0 Å². The van der Waals surface area contributed by atoms with Crippen LogP contribution in [-0.4, -0.2) is 80.7 Å². The second-order valence-electron chi connectivity index (χ2n) is 13.6. The Morgan fingerprint density at radius 2 is 1.71 bits per heavy atom. The van der Waals surface area contributed by atoms with E-state index in [1.807, 2.05) is 0 Å². The maximum absolute atomic E-state index is 14.2. The molecule has 4 aliphatic rings. The van der Waals surface area contributed by atoms with Gasteiger partial charge in [-0.05, 0) is 67.2 Å². The summed E-state index contributed by atoms with van der Waals surface area (Å²) in [6, 6.07) is 3.55. The molecule has 1 aromatic carbocycles. The molecule has 1 heterocycles. The fraction of sp³-hybridized carbons (Fsp3) is 0.613. The molecule has 14 heteroatoms. The van der Waals surface area contributed by atoms with Crippen LogP contribution in [0.1, 0.15) is 52.9 Å². The van der Waals surface area contributed by atoms with Crippen LogP contribution in [0.5, 0.6) is 0 Å². The van der Waals surface area contributed by atoms with E-state index in [-0.39, 0.29) is 36.3 Å². The number of benzene rings is 1.